The first-order valence-corrected chi connectivity index (χ1v) is 8.38. The fraction of sp³-hybridized carbons (Fsp3) is 0.200. The summed E-state index contributed by atoms with van der Waals surface area (Å²) >= 11 is 0. The molecule has 0 bridgehead atoms. The summed E-state index contributed by atoms with van der Waals surface area (Å²) in [6.45, 7) is 0.889. The number of carbonyl (C=O) groups is 2. The molecule has 2 atom stereocenters. The topological polar surface area (TPSA) is 125 Å². The molecule has 2 aromatic carbocycles. The third kappa shape index (κ3) is 5.51. The van der Waals surface area contributed by atoms with Crippen LogP contribution in [0.2, 0.25) is 0 Å². The molecule has 2 rings (SSSR count). The normalized spacial score (nSPS) is 13.6. The Morgan fingerprint density at radius 2 is 1.52 bits per heavy atom. The number of rotatable bonds is 5. The van der Waals surface area contributed by atoms with Gasteiger partial charge < -0.3 is 16.2 Å². The Kier molecular flexibility index (Phi) is 6.88. The van der Waals surface area contributed by atoms with Crippen LogP contribution in [0.5, 0.6) is 5.75 Å². The Morgan fingerprint density at radius 3 is 1.97 bits per heavy atom. The van der Waals surface area contributed by atoms with Gasteiger partial charge in [-0.2, -0.15) is 0 Å². The van der Waals surface area contributed by atoms with Gasteiger partial charge in [-0.1, -0.05) is 11.8 Å². The molecule has 9 heteroatoms. The van der Waals surface area contributed by atoms with Crippen molar-refractivity contribution >= 4 is 11.8 Å². The predicted molar refractivity (Wildman–Crippen MR) is 100 cm³/mol. The molecule has 2 aromatic rings. The smallest absolute Gasteiger partial charge is 0.268 e. The van der Waals surface area contributed by atoms with Crippen molar-refractivity contribution in [1.29, 1.82) is 0 Å². The van der Waals surface area contributed by atoms with Crippen LogP contribution in [0.3, 0.4) is 0 Å². The van der Waals surface area contributed by atoms with Gasteiger partial charge in [0.15, 0.2) is 0 Å². The molecule has 0 saturated carbocycles. The van der Waals surface area contributed by atoms with E-state index in [0.29, 0.717) is 11.1 Å². The highest BCUT2D eigenvalue weighted by atomic mass is 19.3. The summed E-state index contributed by atoms with van der Waals surface area (Å²) in [5, 5.41) is 20.1. The molecule has 0 aliphatic carbocycles. The lowest BCUT2D eigenvalue weighted by Crippen LogP contribution is -2.66. The van der Waals surface area contributed by atoms with Crippen molar-refractivity contribution in [1.82, 2.24) is 10.8 Å². The van der Waals surface area contributed by atoms with Crippen molar-refractivity contribution in [2.75, 3.05) is 0 Å². The number of amides is 2. The summed E-state index contributed by atoms with van der Waals surface area (Å²) in [6, 6.07) is 10.3. The number of aromatic hydroxyl groups is 1. The van der Waals surface area contributed by atoms with Crippen molar-refractivity contribution in [3.05, 3.63) is 65.2 Å². The molecule has 152 valence electrons. The van der Waals surface area contributed by atoms with E-state index in [1.54, 1.807) is 12.1 Å². The second kappa shape index (κ2) is 9.14. The second-order valence-corrected chi connectivity index (χ2v) is 6.42. The molecule has 0 aliphatic heterocycles. The highest BCUT2D eigenvalue weighted by Gasteiger charge is 2.44. The molecule has 0 aromatic heterocycles. The molecule has 2 amide bonds. The van der Waals surface area contributed by atoms with Gasteiger partial charge in [-0.05, 0) is 55.5 Å². The largest absolute Gasteiger partial charge is 0.508 e. The van der Waals surface area contributed by atoms with Crippen molar-refractivity contribution < 1.29 is 28.7 Å². The van der Waals surface area contributed by atoms with Gasteiger partial charge >= 0.3 is 0 Å². The second-order valence-electron chi connectivity index (χ2n) is 6.42. The number of hydrogen-bond acceptors (Lipinski definition) is 5. The Labute approximate surface area is 165 Å². The molecule has 0 spiro atoms. The zero-order valence-electron chi connectivity index (χ0n) is 15.3. The van der Waals surface area contributed by atoms with Gasteiger partial charge in [0.05, 0.1) is 0 Å². The highest BCUT2D eigenvalue weighted by Crippen LogP contribution is 2.18. The SMILES string of the molecule is CC(N)(C(F)F)C(NC(=O)c1ccc(C#Cc2ccc(O)cc2)cc1)C(=O)NO. The average Bonchev–Trinajstić information content (AvgIpc) is 2.71. The van der Waals surface area contributed by atoms with E-state index in [-0.39, 0.29) is 11.3 Å². The van der Waals surface area contributed by atoms with Gasteiger partial charge in [-0.15, -0.1) is 0 Å². The van der Waals surface area contributed by atoms with Crippen molar-refractivity contribution in [2.45, 2.75) is 24.9 Å². The Hall–Kier alpha value is -3.48. The summed E-state index contributed by atoms with van der Waals surface area (Å²) in [4.78, 5) is 24.0. The van der Waals surface area contributed by atoms with E-state index in [9.17, 15) is 23.5 Å². The quantitative estimate of drug-likeness (QED) is 0.293. The number of carbonyl (C=O) groups excluding carboxylic acids is 2. The third-order valence-corrected chi connectivity index (χ3v) is 4.11. The van der Waals surface area contributed by atoms with Gasteiger partial charge in [0.1, 0.15) is 17.3 Å². The fourth-order valence-electron chi connectivity index (χ4n) is 2.30. The summed E-state index contributed by atoms with van der Waals surface area (Å²) in [6.07, 6.45) is -3.14. The first-order valence-electron chi connectivity index (χ1n) is 8.38. The van der Waals surface area contributed by atoms with E-state index in [1.165, 1.54) is 41.9 Å². The fourth-order valence-corrected chi connectivity index (χ4v) is 2.30. The Bertz CT molecular complexity index is 933. The van der Waals surface area contributed by atoms with E-state index in [4.69, 9.17) is 10.9 Å². The Balaban J connectivity index is 2.15. The van der Waals surface area contributed by atoms with Crippen LogP contribution < -0.4 is 16.5 Å². The van der Waals surface area contributed by atoms with Crippen molar-refractivity contribution in [2.24, 2.45) is 5.73 Å². The summed E-state index contributed by atoms with van der Waals surface area (Å²) < 4.78 is 26.3. The molecule has 6 N–H and O–H groups in total. The van der Waals surface area contributed by atoms with Gasteiger partial charge in [0.25, 0.3) is 18.2 Å². The van der Waals surface area contributed by atoms with Crippen molar-refractivity contribution in [3.8, 4) is 17.6 Å². The van der Waals surface area contributed by atoms with Crippen LogP contribution in [0, 0.1) is 11.8 Å². The molecule has 0 fully saturated rings. The number of halogens is 2. The maximum absolute atomic E-state index is 13.1. The number of nitrogens with one attached hydrogen (secondary N) is 2. The maximum Gasteiger partial charge on any atom is 0.268 e. The number of hydrogen-bond donors (Lipinski definition) is 5. The van der Waals surface area contributed by atoms with E-state index in [0.717, 1.165) is 6.92 Å². The summed E-state index contributed by atoms with van der Waals surface area (Å²) in [5.41, 5.74) is 5.63. The van der Waals surface area contributed by atoms with Crippen LogP contribution in [-0.4, -0.2) is 40.1 Å². The minimum atomic E-state index is -3.14. The lowest BCUT2D eigenvalue weighted by atomic mass is 9.92. The van der Waals surface area contributed by atoms with Crippen LogP contribution in [0.1, 0.15) is 28.4 Å². The number of hydroxylamine groups is 1. The van der Waals surface area contributed by atoms with E-state index in [2.05, 4.69) is 17.2 Å². The monoisotopic (exact) mass is 403 g/mol. The molecule has 2 unspecified atom stereocenters. The summed E-state index contributed by atoms with van der Waals surface area (Å²) in [5.74, 6) is 3.79. The van der Waals surface area contributed by atoms with Crippen LogP contribution in [0.4, 0.5) is 8.78 Å². The Morgan fingerprint density at radius 1 is 1.03 bits per heavy atom. The number of phenols is 1. The number of benzene rings is 2. The third-order valence-electron chi connectivity index (χ3n) is 4.11. The number of phenolic OH excluding ortho intramolecular Hbond substituents is 1. The van der Waals surface area contributed by atoms with Crippen LogP contribution in [0.15, 0.2) is 48.5 Å². The minimum Gasteiger partial charge on any atom is -0.508 e. The molecule has 0 radical (unpaired) electrons. The number of alkyl halides is 2. The lowest BCUT2D eigenvalue weighted by Gasteiger charge is -2.32. The van der Waals surface area contributed by atoms with E-state index >= 15 is 0 Å². The van der Waals surface area contributed by atoms with Crippen LogP contribution >= 0.6 is 0 Å². The standard InChI is InChI=1S/C20H19F2N3O4/c1-20(23,19(21)22)16(18(28)25-29)24-17(27)14-8-4-12(5-9-14)2-3-13-6-10-15(26)11-7-13/h4-11,16,19,26,29H,23H2,1H3,(H,24,27)(H,25,28). The van der Waals surface area contributed by atoms with Crippen molar-refractivity contribution in [3.63, 3.8) is 0 Å². The zero-order chi connectivity index (χ0) is 21.6. The van der Waals surface area contributed by atoms with Gasteiger partial charge in [-0.25, -0.2) is 14.3 Å². The van der Waals surface area contributed by atoms with E-state index < -0.39 is 29.8 Å². The maximum atomic E-state index is 13.1. The predicted octanol–water partition coefficient (Wildman–Crippen LogP) is 1.38. The molecule has 7 nitrogen and oxygen atoms in total. The first kappa shape index (κ1) is 21.8. The van der Waals surface area contributed by atoms with Crippen LogP contribution in [0.25, 0.3) is 0 Å². The van der Waals surface area contributed by atoms with Gasteiger partial charge in [0, 0.05) is 16.7 Å². The average molecular weight is 403 g/mol. The molecule has 0 heterocycles. The zero-order valence-corrected chi connectivity index (χ0v) is 15.3. The van der Waals surface area contributed by atoms with Crippen LogP contribution in [-0.2, 0) is 4.79 Å². The van der Waals surface area contributed by atoms with Gasteiger partial charge in [0.2, 0.25) is 0 Å². The first-order chi connectivity index (χ1) is 13.6. The number of nitrogens with two attached hydrogens (primary N) is 1. The molecule has 0 aliphatic rings. The lowest BCUT2D eigenvalue weighted by molar-refractivity contribution is -0.134. The minimum absolute atomic E-state index is 0.0842. The summed E-state index contributed by atoms with van der Waals surface area (Å²) in [7, 11) is 0. The highest BCUT2D eigenvalue weighted by molar-refractivity contribution is 5.98. The molecular weight excluding hydrogens is 384 g/mol. The molecule has 29 heavy (non-hydrogen) atoms. The molecule has 0 saturated heterocycles. The van der Waals surface area contributed by atoms with Gasteiger partial charge in [-0.3, -0.25) is 14.8 Å². The van der Waals surface area contributed by atoms with E-state index in [1.807, 2.05) is 0 Å². The molecular formula is C20H19F2N3O4.